The van der Waals surface area contributed by atoms with Gasteiger partial charge in [-0.15, -0.1) is 0 Å². The van der Waals surface area contributed by atoms with Gasteiger partial charge < -0.3 is 39.6 Å². The number of aliphatic hydroxyl groups is 1. The lowest BCUT2D eigenvalue weighted by atomic mass is 9.97. The number of likely N-dealkylation sites (tertiary alicyclic amines) is 1. The van der Waals surface area contributed by atoms with E-state index in [0.29, 0.717) is 26.3 Å². The molecule has 9 nitrogen and oxygen atoms in total. The molecule has 0 aliphatic carbocycles. The smallest absolute Gasteiger partial charge is 0.315 e. The average molecular weight is 664 g/mol. The van der Waals surface area contributed by atoms with Gasteiger partial charge in [0.2, 0.25) is 0 Å². The van der Waals surface area contributed by atoms with Gasteiger partial charge in [-0.2, -0.15) is 0 Å². The summed E-state index contributed by atoms with van der Waals surface area (Å²) in [6, 6.07) is 34.1. The average Bonchev–Trinajstić information content (AvgIpc) is 3.62. The van der Waals surface area contributed by atoms with Gasteiger partial charge in [0.1, 0.15) is 0 Å². The van der Waals surface area contributed by atoms with Gasteiger partial charge in [-0.1, -0.05) is 103 Å². The molecule has 0 radical (unpaired) electrons. The zero-order valence-corrected chi connectivity index (χ0v) is 27.8. The molecule has 7 rings (SSSR count). The number of nitrogens with zero attached hydrogens (tertiary/aromatic N) is 1. The van der Waals surface area contributed by atoms with E-state index in [4.69, 9.17) is 18.9 Å². The van der Waals surface area contributed by atoms with E-state index in [1.165, 1.54) is 0 Å². The van der Waals surface area contributed by atoms with Crippen molar-refractivity contribution in [3.63, 3.8) is 0 Å². The summed E-state index contributed by atoms with van der Waals surface area (Å²) in [6.07, 6.45) is 1.76. The van der Waals surface area contributed by atoms with Crippen molar-refractivity contribution in [1.82, 2.24) is 15.5 Å². The predicted octanol–water partition coefficient (Wildman–Crippen LogP) is 6.23. The second-order valence-electron chi connectivity index (χ2n) is 13.1. The second kappa shape index (κ2) is 15.6. The summed E-state index contributed by atoms with van der Waals surface area (Å²) >= 11 is 0. The van der Waals surface area contributed by atoms with Crippen molar-refractivity contribution in [2.45, 2.75) is 63.2 Å². The van der Waals surface area contributed by atoms with Gasteiger partial charge in [0.05, 0.1) is 32.0 Å². The van der Waals surface area contributed by atoms with Crippen molar-refractivity contribution >= 4 is 6.03 Å². The van der Waals surface area contributed by atoms with Crippen LogP contribution in [-0.4, -0.2) is 60.8 Å². The fourth-order valence-electron chi connectivity index (χ4n) is 6.98. The Morgan fingerprint density at radius 1 is 0.755 bits per heavy atom. The highest BCUT2D eigenvalue weighted by molar-refractivity contribution is 5.75. The number of carbonyl (C=O) groups excluding carboxylic acids is 1. The lowest BCUT2D eigenvalue weighted by Crippen LogP contribution is -2.48. The number of amides is 2. The molecule has 3 aliphatic heterocycles. The fourth-order valence-corrected chi connectivity index (χ4v) is 6.98. The molecule has 3 saturated heterocycles. The van der Waals surface area contributed by atoms with Crippen LogP contribution in [0, 0.1) is 0 Å². The van der Waals surface area contributed by atoms with Crippen LogP contribution in [0.3, 0.4) is 0 Å². The Morgan fingerprint density at radius 2 is 1.43 bits per heavy atom. The molecular formula is C40H45N3O6. The molecule has 0 unspecified atom stereocenters. The third-order valence-corrected chi connectivity index (χ3v) is 9.75. The number of nitrogens with one attached hydrogen (secondary N) is 2. The third-order valence-electron chi connectivity index (χ3n) is 9.75. The molecule has 9 heteroatoms. The Hall–Kier alpha value is -4.09. The molecule has 0 bridgehead atoms. The topological polar surface area (TPSA) is 102 Å². The second-order valence-corrected chi connectivity index (χ2v) is 13.1. The van der Waals surface area contributed by atoms with Crippen molar-refractivity contribution in [3.05, 3.63) is 131 Å². The van der Waals surface area contributed by atoms with Gasteiger partial charge >= 0.3 is 6.03 Å². The van der Waals surface area contributed by atoms with E-state index in [-0.39, 0.29) is 24.8 Å². The standard InChI is InChI=1S/C40H45N3O6/c44-28-30-10-12-32(13-11-30)37-24-35(27-43-20-18-40(19-21-43)46-22-23-47-40)48-38(49-37)33-16-14-31(15-17-33)36-9-5-4-8-34(36)26-42-39(45)41-25-29-6-2-1-3-7-29/h1-17,35,37-38,44H,18-28H2,(H2,41,42,45)/t35-,37+,38+/m0/s1. The minimum Gasteiger partial charge on any atom is -0.392 e. The number of hydrogen-bond acceptors (Lipinski definition) is 7. The fraction of sp³-hybridized carbons (Fsp3) is 0.375. The zero-order chi connectivity index (χ0) is 33.5. The minimum atomic E-state index is -0.529. The van der Waals surface area contributed by atoms with Gasteiger partial charge in [0, 0.05) is 57.5 Å². The maximum atomic E-state index is 12.6. The largest absolute Gasteiger partial charge is 0.392 e. The number of piperidine rings is 1. The van der Waals surface area contributed by atoms with Crippen molar-refractivity contribution in [1.29, 1.82) is 0 Å². The molecule has 2 amide bonds. The van der Waals surface area contributed by atoms with Crippen molar-refractivity contribution < 1.29 is 28.8 Å². The van der Waals surface area contributed by atoms with Gasteiger partial charge in [-0.3, -0.25) is 0 Å². The molecule has 3 atom stereocenters. The molecule has 3 fully saturated rings. The van der Waals surface area contributed by atoms with Crippen LogP contribution in [0.2, 0.25) is 0 Å². The Labute approximate surface area is 288 Å². The van der Waals surface area contributed by atoms with Crippen LogP contribution in [0.15, 0.2) is 103 Å². The number of urea groups is 1. The van der Waals surface area contributed by atoms with Crippen LogP contribution in [0.4, 0.5) is 4.79 Å². The highest BCUT2D eigenvalue weighted by Crippen LogP contribution is 2.39. The molecule has 256 valence electrons. The number of carbonyl (C=O) groups is 1. The van der Waals surface area contributed by atoms with Crippen molar-refractivity contribution in [3.8, 4) is 11.1 Å². The number of rotatable bonds is 10. The predicted molar refractivity (Wildman–Crippen MR) is 186 cm³/mol. The quantitative estimate of drug-likeness (QED) is 0.185. The SMILES string of the molecule is O=C(NCc1ccccc1)NCc1ccccc1-c1ccc([C@@H]2O[C@H](CN3CCC4(CC3)OCCO4)C[C@H](c3ccc(CO)cc3)O2)cc1. The maximum absolute atomic E-state index is 12.6. The molecule has 49 heavy (non-hydrogen) atoms. The Kier molecular flexibility index (Phi) is 10.7. The van der Waals surface area contributed by atoms with Gasteiger partial charge in [0.15, 0.2) is 12.1 Å². The van der Waals surface area contributed by atoms with Crippen LogP contribution in [0.25, 0.3) is 11.1 Å². The van der Waals surface area contributed by atoms with Crippen molar-refractivity contribution in [2.75, 3.05) is 32.8 Å². The summed E-state index contributed by atoms with van der Waals surface area (Å²) < 4.78 is 25.2. The van der Waals surface area contributed by atoms with E-state index >= 15 is 0 Å². The Bertz CT molecular complexity index is 1650. The van der Waals surface area contributed by atoms with E-state index in [9.17, 15) is 9.90 Å². The van der Waals surface area contributed by atoms with E-state index in [0.717, 1.165) is 77.8 Å². The Morgan fingerprint density at radius 3 is 2.16 bits per heavy atom. The summed E-state index contributed by atoms with van der Waals surface area (Å²) in [5.74, 6) is -0.405. The first-order chi connectivity index (χ1) is 24.1. The van der Waals surface area contributed by atoms with Gasteiger partial charge in [-0.05, 0) is 33.4 Å². The number of benzene rings is 4. The van der Waals surface area contributed by atoms with Crippen LogP contribution in [-0.2, 0) is 38.6 Å². The molecule has 1 spiro atoms. The summed E-state index contributed by atoms with van der Waals surface area (Å²) in [6.45, 7) is 4.85. The van der Waals surface area contributed by atoms with E-state index in [1.807, 2.05) is 72.8 Å². The van der Waals surface area contributed by atoms with E-state index < -0.39 is 12.1 Å². The molecule has 0 saturated carbocycles. The normalized spacial score (nSPS) is 22.2. The first kappa shape index (κ1) is 33.4. The monoisotopic (exact) mass is 663 g/mol. The highest BCUT2D eigenvalue weighted by Gasteiger charge is 2.41. The third kappa shape index (κ3) is 8.38. The first-order valence-corrected chi connectivity index (χ1v) is 17.3. The highest BCUT2D eigenvalue weighted by atomic mass is 16.7. The molecular weight excluding hydrogens is 618 g/mol. The Balaban J connectivity index is 1.02. The number of ether oxygens (including phenoxy) is 4. The molecule has 0 aromatic heterocycles. The zero-order valence-electron chi connectivity index (χ0n) is 27.8. The molecule has 3 heterocycles. The van der Waals surface area contributed by atoms with Crippen LogP contribution in [0.5, 0.6) is 0 Å². The maximum Gasteiger partial charge on any atom is 0.315 e. The molecule has 3 N–H and O–H groups in total. The van der Waals surface area contributed by atoms with E-state index in [2.05, 4.69) is 45.9 Å². The van der Waals surface area contributed by atoms with Gasteiger partial charge in [-0.25, -0.2) is 4.79 Å². The molecule has 3 aliphatic rings. The molecule has 4 aromatic carbocycles. The summed E-state index contributed by atoms with van der Waals surface area (Å²) in [5.41, 5.74) is 7.09. The lowest BCUT2D eigenvalue weighted by Gasteiger charge is -2.41. The number of aliphatic hydroxyl groups excluding tert-OH is 1. The van der Waals surface area contributed by atoms with Crippen LogP contribution in [0.1, 0.15) is 59.5 Å². The lowest BCUT2D eigenvalue weighted by molar-refractivity contribution is -0.255. The summed E-state index contributed by atoms with van der Waals surface area (Å²) in [4.78, 5) is 15.0. The first-order valence-electron chi connectivity index (χ1n) is 17.3. The van der Waals surface area contributed by atoms with Crippen LogP contribution < -0.4 is 10.6 Å². The number of hydrogen-bond donors (Lipinski definition) is 3. The summed E-state index contributed by atoms with van der Waals surface area (Å²) in [5, 5.41) is 15.5. The summed E-state index contributed by atoms with van der Waals surface area (Å²) in [7, 11) is 0. The minimum absolute atomic E-state index is 0.0110. The van der Waals surface area contributed by atoms with Crippen molar-refractivity contribution in [2.24, 2.45) is 0 Å². The van der Waals surface area contributed by atoms with Gasteiger partial charge in [0.25, 0.3) is 0 Å². The van der Waals surface area contributed by atoms with E-state index in [1.54, 1.807) is 0 Å². The van der Waals surface area contributed by atoms with Crippen LogP contribution >= 0.6 is 0 Å². The molecule has 4 aromatic rings.